The van der Waals surface area contributed by atoms with Crippen molar-refractivity contribution >= 4 is 17.1 Å². The number of ether oxygens (including phenoxy) is 1. The molecule has 3 atom stereocenters. The van der Waals surface area contributed by atoms with Crippen LogP contribution in [0, 0.1) is 0 Å². The second-order valence-electron chi connectivity index (χ2n) is 4.39. The maximum Gasteiger partial charge on any atom is 0.280 e. The van der Waals surface area contributed by atoms with Crippen molar-refractivity contribution < 1.29 is 14.9 Å². The summed E-state index contributed by atoms with van der Waals surface area (Å²) in [6.45, 7) is -0.277. The third kappa shape index (κ3) is 1.87. The Bertz CT molecular complexity index is 665. The van der Waals surface area contributed by atoms with Gasteiger partial charge in [0.2, 0.25) is 5.95 Å². The highest BCUT2D eigenvalue weighted by molar-refractivity contribution is 5.70. The molecule has 0 aliphatic carbocycles. The number of H-pyrrole nitrogens is 1. The monoisotopic (exact) mass is 272 g/mol. The lowest BCUT2D eigenvalue weighted by molar-refractivity contribution is -0.0432. The van der Waals surface area contributed by atoms with Gasteiger partial charge in [-0.05, 0) is 0 Å². The number of rotatable bonds is 2. The van der Waals surface area contributed by atoms with Crippen LogP contribution in [0.3, 0.4) is 0 Å². The summed E-state index contributed by atoms with van der Waals surface area (Å²) in [5.41, 5.74) is 5.50. The van der Waals surface area contributed by atoms with Crippen LogP contribution in [-0.4, -0.2) is 48.5 Å². The van der Waals surface area contributed by atoms with Crippen molar-refractivity contribution in [3.63, 3.8) is 0 Å². The second-order valence-corrected chi connectivity index (χ2v) is 4.39. The Kier molecular flexibility index (Phi) is 2.73. The zero-order chi connectivity index (χ0) is 13.6. The van der Waals surface area contributed by atoms with E-state index in [0.29, 0.717) is 0 Å². The molecule has 5 N–H and O–H groups in total. The maximum absolute atomic E-state index is 11.6. The number of anilines is 1. The predicted molar refractivity (Wildman–Crippen MR) is 64.2 cm³/mol. The van der Waals surface area contributed by atoms with E-state index >= 15 is 0 Å². The molecule has 0 amide bonds. The molecule has 19 heavy (non-hydrogen) atoms. The molecule has 3 rings (SSSR count). The lowest BCUT2D eigenvalue weighted by atomic mass is 10.2. The van der Waals surface area contributed by atoms with Gasteiger partial charge < -0.3 is 20.7 Å². The molecule has 1 aliphatic heterocycles. The van der Waals surface area contributed by atoms with Crippen LogP contribution in [-0.2, 0) is 4.74 Å². The standard InChI is InChI=1S/C10H13N5O4/c11-10-13-8-7(9(18)14-10)12-3-15(8)6-1-4(17)5(2-16)19-6/h3-6,16-17H,1-2H2,(H3,11,13,14,18)/t4-,5-,6-/m1/s1/i11+1,12+1,13+1,14+1,15+1. The van der Waals surface area contributed by atoms with Gasteiger partial charge in [-0.2, -0.15) is 4.98 Å². The Labute approximate surface area is 106 Å². The molecule has 3 heterocycles. The summed E-state index contributed by atoms with van der Waals surface area (Å²) in [6.07, 6.45) is -0.270. The van der Waals surface area contributed by atoms with Gasteiger partial charge in [-0.3, -0.25) is 14.3 Å². The predicted octanol–water partition coefficient (Wildman–Crippen LogP) is -1.66. The normalized spacial score (nSPS) is 27.2. The highest BCUT2D eigenvalue weighted by Gasteiger charge is 2.35. The van der Waals surface area contributed by atoms with Crippen LogP contribution in [0.1, 0.15) is 12.6 Å². The summed E-state index contributed by atoms with van der Waals surface area (Å²) in [5.74, 6) is -0.0171. The average molecular weight is 272 g/mol. The number of hydrogen-bond donors (Lipinski definition) is 4. The Hall–Kier alpha value is -1.97. The summed E-state index contributed by atoms with van der Waals surface area (Å²) in [7, 11) is 0. The molecule has 0 radical (unpaired) electrons. The number of hydrogen-bond acceptors (Lipinski definition) is 7. The molecule has 1 saturated heterocycles. The SMILES string of the molecule is [15NH2]c1[15n]c2c([15n]c[15n]2[C@H]2C[C@@H](O)[C@@H](CO)O2)c(=O)[15nH]1. The van der Waals surface area contributed by atoms with Crippen molar-refractivity contribution in [2.75, 3.05) is 12.3 Å². The number of fused-ring (bicyclic) bond motifs is 1. The fraction of sp³-hybridized carbons (Fsp3) is 0.500. The van der Waals surface area contributed by atoms with E-state index in [0.717, 1.165) is 0 Å². The molecule has 1 aliphatic rings. The Balaban J connectivity index is 2.05. The first kappa shape index (κ1) is 12.1. The van der Waals surface area contributed by atoms with Crippen molar-refractivity contribution in [3.05, 3.63) is 16.7 Å². The van der Waals surface area contributed by atoms with Crippen molar-refractivity contribution in [2.24, 2.45) is 0 Å². The zero-order valence-electron chi connectivity index (χ0n) is 9.85. The lowest BCUT2D eigenvalue weighted by Gasteiger charge is -2.13. The van der Waals surface area contributed by atoms with Gasteiger partial charge in [0.1, 0.15) is 12.3 Å². The van der Waals surface area contributed by atoms with Crippen LogP contribution >= 0.6 is 0 Å². The van der Waals surface area contributed by atoms with Gasteiger partial charge in [-0.1, -0.05) is 0 Å². The minimum atomic E-state index is -0.771. The molecule has 0 aromatic carbocycles. The molecule has 9 heteroatoms. The quantitative estimate of drug-likeness (QED) is 0.480. The van der Waals surface area contributed by atoms with E-state index in [9.17, 15) is 9.90 Å². The van der Waals surface area contributed by atoms with E-state index in [-0.39, 0.29) is 30.1 Å². The van der Waals surface area contributed by atoms with Crippen molar-refractivity contribution in [2.45, 2.75) is 24.9 Å². The average Bonchev–Trinajstić information content (AvgIpc) is 2.92. The molecule has 0 bridgehead atoms. The van der Waals surface area contributed by atoms with Crippen LogP contribution < -0.4 is 11.3 Å². The number of aliphatic hydroxyl groups is 2. The number of aromatic amines is 1. The van der Waals surface area contributed by atoms with Gasteiger partial charge in [-0.15, -0.1) is 0 Å². The highest BCUT2D eigenvalue weighted by atomic mass is 16.6. The first-order valence-corrected chi connectivity index (χ1v) is 5.77. The number of aromatic nitrogens is 4. The topological polar surface area (TPSA) is 139 Å². The van der Waals surface area contributed by atoms with Crippen LogP contribution in [0.2, 0.25) is 0 Å². The van der Waals surface area contributed by atoms with Crippen LogP contribution in [0.15, 0.2) is 11.1 Å². The third-order valence-corrected chi connectivity index (χ3v) is 3.15. The number of aliphatic hydroxyl groups excluding tert-OH is 2. The van der Waals surface area contributed by atoms with Gasteiger partial charge in [0.15, 0.2) is 11.2 Å². The minimum Gasteiger partial charge on any atom is -0.394 e. The van der Waals surface area contributed by atoms with E-state index < -0.39 is 24.0 Å². The third-order valence-electron chi connectivity index (χ3n) is 3.15. The molecule has 0 unspecified atom stereocenters. The largest absolute Gasteiger partial charge is 0.394 e. The van der Waals surface area contributed by atoms with Gasteiger partial charge in [0, 0.05) is 6.42 Å². The van der Waals surface area contributed by atoms with Crippen molar-refractivity contribution in [3.8, 4) is 0 Å². The van der Waals surface area contributed by atoms with Gasteiger partial charge in [0.25, 0.3) is 5.56 Å². The van der Waals surface area contributed by atoms with Gasteiger partial charge in [0.05, 0.1) is 19.0 Å². The van der Waals surface area contributed by atoms with E-state index in [2.05, 4.69) is 15.0 Å². The second kappa shape index (κ2) is 4.30. The summed E-state index contributed by atoms with van der Waals surface area (Å²) in [6, 6.07) is 0. The maximum atomic E-state index is 11.6. The smallest absolute Gasteiger partial charge is 0.280 e. The summed E-state index contributed by atoms with van der Waals surface area (Å²) in [5, 5.41) is 18.8. The van der Waals surface area contributed by atoms with E-state index in [4.69, 9.17) is 15.6 Å². The molecule has 0 spiro atoms. The fourth-order valence-corrected chi connectivity index (χ4v) is 2.20. The summed E-state index contributed by atoms with van der Waals surface area (Å²) in [4.78, 5) is 22.0. The lowest BCUT2D eigenvalue weighted by Crippen LogP contribution is -2.24. The Morgan fingerprint density at radius 2 is 2.42 bits per heavy atom. The number of nitrogens with zero attached hydrogens (tertiary/aromatic N) is 3. The number of nitrogen functional groups attached to an aromatic ring is 1. The number of nitrogens with two attached hydrogens (primary N) is 1. The Morgan fingerprint density at radius 3 is 3.11 bits per heavy atom. The highest BCUT2D eigenvalue weighted by Crippen LogP contribution is 2.30. The first-order valence-electron chi connectivity index (χ1n) is 5.77. The van der Waals surface area contributed by atoms with Crippen LogP contribution in [0.5, 0.6) is 0 Å². The number of imidazole rings is 1. The molecule has 1 fully saturated rings. The molecule has 2 aromatic rings. The van der Waals surface area contributed by atoms with E-state index in [1.54, 1.807) is 0 Å². The minimum absolute atomic E-state index is 0.0171. The first-order chi connectivity index (χ1) is 9.10. The van der Waals surface area contributed by atoms with E-state index in [1.807, 2.05) is 0 Å². The van der Waals surface area contributed by atoms with E-state index in [1.165, 1.54) is 10.9 Å². The molecule has 0 saturated carbocycles. The van der Waals surface area contributed by atoms with Crippen molar-refractivity contribution in [1.29, 1.82) is 0 Å². The van der Waals surface area contributed by atoms with Crippen molar-refractivity contribution in [1.82, 2.24) is 19.5 Å². The fourth-order valence-electron chi connectivity index (χ4n) is 2.20. The molecule has 102 valence electrons. The van der Waals surface area contributed by atoms with Gasteiger partial charge >= 0.3 is 0 Å². The molecular weight excluding hydrogens is 259 g/mol. The molecule has 9 nitrogen and oxygen atoms in total. The zero-order valence-corrected chi connectivity index (χ0v) is 9.85. The van der Waals surface area contributed by atoms with Gasteiger partial charge in [-0.25, -0.2) is 4.98 Å². The number of nitrogens with one attached hydrogen (secondary N) is 1. The summed E-state index contributed by atoms with van der Waals surface area (Å²) >= 11 is 0. The summed E-state index contributed by atoms with van der Waals surface area (Å²) < 4.78 is 7.01. The molecule has 2 aromatic heterocycles. The Morgan fingerprint density at radius 1 is 1.63 bits per heavy atom. The molecular formula is C10H13N5O4. The van der Waals surface area contributed by atoms with Crippen LogP contribution in [0.4, 0.5) is 5.95 Å². The van der Waals surface area contributed by atoms with Crippen LogP contribution in [0.25, 0.3) is 11.2 Å².